The van der Waals surface area contributed by atoms with Gasteiger partial charge >= 0.3 is 5.69 Å². The molecule has 0 bridgehead atoms. The quantitative estimate of drug-likeness (QED) is 0.608. The summed E-state index contributed by atoms with van der Waals surface area (Å²) in [5.74, 6) is 0.983. The van der Waals surface area contributed by atoms with Crippen LogP contribution in [-0.4, -0.2) is 18.1 Å². The van der Waals surface area contributed by atoms with E-state index in [-0.39, 0.29) is 5.69 Å². The molecule has 5 nitrogen and oxygen atoms in total. The van der Waals surface area contributed by atoms with Crippen molar-refractivity contribution >= 4 is 11.4 Å². The fourth-order valence-corrected chi connectivity index (χ4v) is 2.44. The van der Waals surface area contributed by atoms with Gasteiger partial charge in [0, 0.05) is 24.4 Å². The van der Waals surface area contributed by atoms with Gasteiger partial charge in [0.2, 0.25) is 0 Å². The number of rotatable bonds is 7. The first-order chi connectivity index (χ1) is 9.48. The summed E-state index contributed by atoms with van der Waals surface area (Å²) in [4.78, 5) is 10.5. The van der Waals surface area contributed by atoms with Gasteiger partial charge in [-0.3, -0.25) is 10.1 Å². The van der Waals surface area contributed by atoms with Crippen LogP contribution in [0.5, 0.6) is 5.75 Å². The Morgan fingerprint density at radius 2 is 2.15 bits per heavy atom. The van der Waals surface area contributed by atoms with Gasteiger partial charge in [-0.25, -0.2) is 0 Å². The van der Waals surface area contributed by atoms with Crippen molar-refractivity contribution < 1.29 is 9.66 Å². The van der Waals surface area contributed by atoms with Crippen molar-refractivity contribution in [3.8, 4) is 5.75 Å². The predicted octanol–water partition coefficient (Wildman–Crippen LogP) is 3.84. The molecule has 0 saturated heterocycles. The molecule has 110 valence electrons. The van der Waals surface area contributed by atoms with Crippen LogP contribution in [-0.2, 0) is 0 Å². The van der Waals surface area contributed by atoms with Gasteiger partial charge in [-0.15, -0.1) is 0 Å². The third kappa shape index (κ3) is 3.03. The highest BCUT2D eigenvalue weighted by Gasteiger charge is 2.44. The van der Waals surface area contributed by atoms with Crippen molar-refractivity contribution in [3.05, 3.63) is 28.3 Å². The van der Waals surface area contributed by atoms with Crippen molar-refractivity contribution in [2.45, 2.75) is 33.6 Å². The van der Waals surface area contributed by atoms with Crippen LogP contribution >= 0.6 is 0 Å². The second kappa shape index (κ2) is 5.69. The number of benzene rings is 1. The number of nitrogens with one attached hydrogen (secondary N) is 1. The summed E-state index contributed by atoms with van der Waals surface area (Å²) in [5.41, 5.74) is 1.29. The zero-order valence-corrected chi connectivity index (χ0v) is 12.3. The van der Waals surface area contributed by atoms with Crippen LogP contribution in [0.2, 0.25) is 0 Å². The Morgan fingerprint density at radius 3 is 2.65 bits per heavy atom. The lowest BCUT2D eigenvalue weighted by Gasteiger charge is -2.21. The summed E-state index contributed by atoms with van der Waals surface area (Å²) >= 11 is 0. The average Bonchev–Trinajstić information content (AvgIpc) is 3.18. The molecule has 1 aliphatic rings. The van der Waals surface area contributed by atoms with Gasteiger partial charge in [0.15, 0.2) is 5.75 Å². The van der Waals surface area contributed by atoms with Gasteiger partial charge in [-0.05, 0) is 37.2 Å². The van der Waals surface area contributed by atoms with E-state index in [0.717, 1.165) is 12.2 Å². The van der Waals surface area contributed by atoms with Crippen LogP contribution < -0.4 is 10.1 Å². The zero-order valence-electron chi connectivity index (χ0n) is 12.3. The Balaban J connectivity index is 2.09. The molecule has 5 heteroatoms. The van der Waals surface area contributed by atoms with E-state index in [2.05, 4.69) is 19.2 Å². The van der Waals surface area contributed by atoms with Crippen molar-refractivity contribution in [2.75, 3.05) is 18.5 Å². The van der Waals surface area contributed by atoms with Gasteiger partial charge in [-0.1, -0.05) is 13.8 Å². The lowest BCUT2D eigenvalue weighted by Crippen LogP contribution is -2.20. The summed E-state index contributed by atoms with van der Waals surface area (Å²) in [6.07, 6.45) is 2.51. The van der Waals surface area contributed by atoms with E-state index < -0.39 is 4.92 Å². The fourth-order valence-electron chi connectivity index (χ4n) is 2.44. The largest absolute Gasteiger partial charge is 0.487 e. The Kier molecular flexibility index (Phi) is 4.16. The van der Waals surface area contributed by atoms with Crippen LogP contribution in [0.25, 0.3) is 0 Å². The smallest absolute Gasteiger partial charge is 0.311 e. The molecule has 1 saturated carbocycles. The maximum absolute atomic E-state index is 10.9. The molecular formula is C15H22N2O3. The summed E-state index contributed by atoms with van der Waals surface area (Å²) in [5, 5.41) is 14.3. The molecule has 1 fully saturated rings. The van der Waals surface area contributed by atoms with E-state index in [0.29, 0.717) is 23.7 Å². The minimum atomic E-state index is -0.411. The first kappa shape index (κ1) is 14.6. The minimum Gasteiger partial charge on any atom is -0.487 e. The first-order valence-electron chi connectivity index (χ1n) is 7.13. The van der Waals surface area contributed by atoms with Crippen LogP contribution in [0.4, 0.5) is 11.4 Å². The topological polar surface area (TPSA) is 64.4 Å². The van der Waals surface area contributed by atoms with Crippen molar-refractivity contribution in [2.24, 2.45) is 11.3 Å². The van der Waals surface area contributed by atoms with Crippen molar-refractivity contribution in [3.63, 3.8) is 0 Å². The Hall–Kier alpha value is -1.78. The van der Waals surface area contributed by atoms with Crippen LogP contribution in [0, 0.1) is 21.4 Å². The number of anilines is 1. The molecule has 1 aromatic carbocycles. The molecular weight excluding hydrogens is 256 g/mol. The lowest BCUT2D eigenvalue weighted by molar-refractivity contribution is -0.385. The molecule has 0 radical (unpaired) electrons. The van der Waals surface area contributed by atoms with Gasteiger partial charge in [0.1, 0.15) is 0 Å². The Morgan fingerprint density at radius 1 is 1.45 bits per heavy atom. The van der Waals surface area contributed by atoms with Gasteiger partial charge < -0.3 is 10.1 Å². The maximum atomic E-state index is 10.9. The molecule has 0 unspecified atom stereocenters. The monoisotopic (exact) mass is 278 g/mol. The van der Waals surface area contributed by atoms with Gasteiger partial charge in [0.25, 0.3) is 0 Å². The number of ether oxygens (including phenoxy) is 1. The number of nitro groups is 1. The molecule has 0 heterocycles. The van der Waals surface area contributed by atoms with Crippen LogP contribution in [0.1, 0.15) is 33.6 Å². The molecule has 1 aromatic rings. The molecule has 20 heavy (non-hydrogen) atoms. The zero-order chi connectivity index (χ0) is 14.8. The van der Waals surface area contributed by atoms with Crippen LogP contribution in [0.15, 0.2) is 18.2 Å². The maximum Gasteiger partial charge on any atom is 0.311 e. The third-order valence-electron chi connectivity index (χ3n) is 4.22. The van der Waals surface area contributed by atoms with E-state index in [1.165, 1.54) is 18.9 Å². The molecule has 0 amide bonds. The summed E-state index contributed by atoms with van der Waals surface area (Å²) in [7, 11) is 0. The third-order valence-corrected chi connectivity index (χ3v) is 4.22. The Labute approximate surface area is 119 Å². The van der Waals surface area contributed by atoms with Crippen molar-refractivity contribution in [1.29, 1.82) is 0 Å². The van der Waals surface area contributed by atoms with E-state index >= 15 is 0 Å². The molecule has 2 rings (SSSR count). The molecule has 0 aliphatic heterocycles. The van der Waals surface area contributed by atoms with E-state index in [4.69, 9.17) is 4.74 Å². The number of hydrogen-bond donors (Lipinski definition) is 1. The second-order valence-corrected chi connectivity index (χ2v) is 5.74. The SMILES string of the molecule is CCOc1cc(NCC2(C(C)C)CC2)ccc1[N+](=O)[O-]. The molecule has 0 spiro atoms. The summed E-state index contributed by atoms with van der Waals surface area (Å²) in [6, 6.07) is 4.97. The highest BCUT2D eigenvalue weighted by molar-refractivity contribution is 5.58. The fraction of sp³-hybridized carbons (Fsp3) is 0.600. The van der Waals surface area contributed by atoms with Crippen LogP contribution in [0.3, 0.4) is 0 Å². The summed E-state index contributed by atoms with van der Waals surface area (Å²) < 4.78 is 5.35. The second-order valence-electron chi connectivity index (χ2n) is 5.74. The van der Waals surface area contributed by atoms with E-state index in [1.807, 2.05) is 6.92 Å². The number of hydrogen-bond acceptors (Lipinski definition) is 4. The molecule has 1 N–H and O–H groups in total. The molecule has 0 atom stereocenters. The predicted molar refractivity (Wildman–Crippen MR) is 79.3 cm³/mol. The number of nitro benzene ring substituents is 1. The number of nitrogens with zero attached hydrogens (tertiary/aromatic N) is 1. The molecule has 0 aromatic heterocycles. The minimum absolute atomic E-state index is 0.0161. The van der Waals surface area contributed by atoms with E-state index in [1.54, 1.807) is 12.1 Å². The normalized spacial score (nSPS) is 16.0. The van der Waals surface area contributed by atoms with Gasteiger partial charge in [-0.2, -0.15) is 0 Å². The highest BCUT2D eigenvalue weighted by Crippen LogP contribution is 2.51. The Bertz CT molecular complexity index is 496. The standard InChI is InChI=1S/C15H22N2O3/c1-4-20-14-9-12(5-6-13(14)17(18)19)16-10-15(7-8-15)11(2)3/h5-6,9,11,16H,4,7-8,10H2,1-3H3. The summed E-state index contributed by atoms with van der Waals surface area (Å²) in [6.45, 7) is 7.64. The highest BCUT2D eigenvalue weighted by atomic mass is 16.6. The molecule has 1 aliphatic carbocycles. The first-order valence-corrected chi connectivity index (χ1v) is 7.13. The van der Waals surface area contributed by atoms with Gasteiger partial charge in [0.05, 0.1) is 11.5 Å². The average molecular weight is 278 g/mol. The van der Waals surface area contributed by atoms with E-state index in [9.17, 15) is 10.1 Å². The van der Waals surface area contributed by atoms with Crippen molar-refractivity contribution in [1.82, 2.24) is 0 Å². The lowest BCUT2D eigenvalue weighted by atomic mass is 9.92.